The van der Waals surface area contributed by atoms with Crippen molar-refractivity contribution < 1.29 is 9.53 Å². The van der Waals surface area contributed by atoms with Crippen molar-refractivity contribution in [3.8, 4) is 0 Å². The molecule has 0 saturated carbocycles. The fraction of sp³-hybridized carbons (Fsp3) is 0.923. The Morgan fingerprint density at radius 1 is 1.56 bits per heavy atom. The van der Waals surface area contributed by atoms with Gasteiger partial charge in [0.15, 0.2) is 0 Å². The van der Waals surface area contributed by atoms with Crippen LogP contribution in [-0.2, 0) is 4.74 Å². The highest BCUT2D eigenvalue weighted by molar-refractivity contribution is 7.96. The predicted molar refractivity (Wildman–Crippen MR) is 77.3 cm³/mol. The Labute approximate surface area is 116 Å². The fourth-order valence-electron chi connectivity index (χ4n) is 2.20. The van der Waals surface area contributed by atoms with E-state index in [-0.39, 0.29) is 11.3 Å². The highest BCUT2D eigenvalue weighted by Gasteiger charge is 2.22. The molecule has 1 aliphatic rings. The van der Waals surface area contributed by atoms with Crippen molar-refractivity contribution in [3.05, 3.63) is 0 Å². The van der Waals surface area contributed by atoms with Crippen LogP contribution in [0.5, 0.6) is 0 Å². The first kappa shape index (κ1) is 15.8. The van der Waals surface area contributed by atoms with Crippen molar-refractivity contribution >= 4 is 17.9 Å². The monoisotopic (exact) mass is 274 g/mol. The highest BCUT2D eigenvalue weighted by atomic mass is 32.1. The molecular formula is C13H26N2O2S. The molecular weight excluding hydrogens is 248 g/mol. The van der Waals surface area contributed by atoms with Gasteiger partial charge < -0.3 is 9.64 Å². The van der Waals surface area contributed by atoms with Crippen molar-refractivity contribution in [1.82, 2.24) is 9.80 Å². The molecule has 0 aromatic carbocycles. The normalized spacial score (nSPS) is 21.3. The molecule has 1 atom stereocenters. The number of carbonyl (C=O) groups is 1. The van der Waals surface area contributed by atoms with Crippen LogP contribution in [0.2, 0.25) is 0 Å². The van der Waals surface area contributed by atoms with Gasteiger partial charge in [0.1, 0.15) is 0 Å². The Morgan fingerprint density at radius 3 is 2.89 bits per heavy atom. The molecule has 1 amide bonds. The second kappa shape index (κ2) is 8.02. The van der Waals surface area contributed by atoms with E-state index < -0.39 is 0 Å². The number of hydrogen-bond donors (Lipinski definition) is 1. The smallest absolute Gasteiger partial charge is 0.278 e. The summed E-state index contributed by atoms with van der Waals surface area (Å²) in [5, 5.41) is -0.199. The van der Waals surface area contributed by atoms with Crippen molar-refractivity contribution in [2.24, 2.45) is 5.92 Å². The van der Waals surface area contributed by atoms with Gasteiger partial charge in [-0.1, -0.05) is 26.5 Å². The topological polar surface area (TPSA) is 32.8 Å². The zero-order valence-corrected chi connectivity index (χ0v) is 12.7. The maximum Gasteiger partial charge on any atom is 0.278 e. The molecule has 1 saturated heterocycles. The third kappa shape index (κ3) is 6.07. The molecule has 0 spiro atoms. The summed E-state index contributed by atoms with van der Waals surface area (Å²) in [5.74, 6) is 0.773. The number of thiol groups is 1. The van der Waals surface area contributed by atoms with Crippen LogP contribution in [0.4, 0.5) is 4.79 Å². The first-order chi connectivity index (χ1) is 8.49. The number of nitrogens with zero attached hydrogens (tertiary/aromatic N) is 2. The zero-order chi connectivity index (χ0) is 13.5. The predicted octanol–water partition coefficient (Wildman–Crippen LogP) is 2.11. The van der Waals surface area contributed by atoms with Gasteiger partial charge in [0, 0.05) is 26.7 Å². The number of ether oxygens (including phenoxy) is 1. The summed E-state index contributed by atoms with van der Waals surface area (Å²) in [6.45, 7) is 8.97. The Hall–Kier alpha value is -0.260. The SMILES string of the molecule is CC(C)CCCN1CCO[C@@H](CN(C)C(=O)S)C1. The lowest BCUT2D eigenvalue weighted by Gasteiger charge is -2.34. The van der Waals surface area contributed by atoms with Crippen molar-refractivity contribution in [1.29, 1.82) is 0 Å². The third-order valence-corrected chi connectivity index (χ3v) is 3.62. The Kier molecular flexibility index (Phi) is 7.04. The maximum atomic E-state index is 11.1. The van der Waals surface area contributed by atoms with Crippen LogP contribution in [0.25, 0.3) is 0 Å². The second-order valence-corrected chi connectivity index (χ2v) is 5.88. The number of likely N-dealkylation sites (N-methyl/N-ethyl adjacent to an activating group) is 1. The fourth-order valence-corrected chi connectivity index (χ4v) is 2.28. The minimum Gasteiger partial charge on any atom is -0.374 e. The molecule has 0 unspecified atom stereocenters. The standard InChI is InChI=1S/C13H26N2O2S/c1-11(2)5-4-6-15-7-8-17-12(10-15)9-14(3)13(16)18/h11-12H,4-10H2,1-3H3,(H,16,18)/t12-/m0/s1. The average molecular weight is 274 g/mol. The number of rotatable bonds is 6. The van der Waals surface area contributed by atoms with E-state index in [1.807, 2.05) is 0 Å². The van der Waals surface area contributed by atoms with Gasteiger partial charge in [0.2, 0.25) is 0 Å². The van der Waals surface area contributed by atoms with Gasteiger partial charge in [-0.15, -0.1) is 0 Å². The molecule has 18 heavy (non-hydrogen) atoms. The molecule has 0 aromatic heterocycles. The Bertz CT molecular complexity index is 261. The second-order valence-electron chi connectivity index (χ2n) is 5.49. The molecule has 5 heteroatoms. The molecule has 1 rings (SSSR count). The molecule has 106 valence electrons. The van der Waals surface area contributed by atoms with E-state index in [4.69, 9.17) is 4.74 Å². The molecule has 1 aliphatic heterocycles. The van der Waals surface area contributed by atoms with Crippen molar-refractivity contribution in [2.75, 3.05) is 39.8 Å². The van der Waals surface area contributed by atoms with Gasteiger partial charge in [0.25, 0.3) is 5.24 Å². The zero-order valence-electron chi connectivity index (χ0n) is 11.8. The molecule has 0 N–H and O–H groups in total. The molecule has 0 aromatic rings. The molecule has 4 nitrogen and oxygen atoms in total. The number of amides is 1. The summed E-state index contributed by atoms with van der Waals surface area (Å²) < 4.78 is 5.69. The summed E-state index contributed by atoms with van der Waals surface area (Å²) in [5.41, 5.74) is 0. The Balaban J connectivity index is 2.25. The third-order valence-electron chi connectivity index (χ3n) is 3.28. The van der Waals surface area contributed by atoms with E-state index in [1.54, 1.807) is 11.9 Å². The summed E-state index contributed by atoms with van der Waals surface area (Å²) in [4.78, 5) is 15.1. The van der Waals surface area contributed by atoms with Gasteiger partial charge in [-0.25, -0.2) is 0 Å². The first-order valence-electron chi connectivity index (χ1n) is 6.77. The van der Waals surface area contributed by atoms with Crippen LogP contribution in [0, 0.1) is 5.92 Å². The number of carbonyl (C=O) groups excluding carboxylic acids is 1. The number of hydrogen-bond acceptors (Lipinski definition) is 3. The van der Waals surface area contributed by atoms with E-state index in [0.29, 0.717) is 6.54 Å². The summed E-state index contributed by atoms with van der Waals surface area (Å²) in [6.07, 6.45) is 2.64. The highest BCUT2D eigenvalue weighted by Crippen LogP contribution is 2.10. The maximum absolute atomic E-state index is 11.1. The van der Waals surface area contributed by atoms with E-state index in [9.17, 15) is 4.79 Å². The Morgan fingerprint density at radius 2 is 2.28 bits per heavy atom. The van der Waals surface area contributed by atoms with Crippen LogP contribution in [0.1, 0.15) is 26.7 Å². The minimum absolute atomic E-state index is 0.124. The van der Waals surface area contributed by atoms with E-state index in [2.05, 4.69) is 31.4 Å². The van der Waals surface area contributed by atoms with Gasteiger partial charge in [0.05, 0.1) is 12.7 Å². The van der Waals surface area contributed by atoms with Crippen LogP contribution < -0.4 is 0 Å². The minimum atomic E-state index is -0.199. The van der Waals surface area contributed by atoms with Crippen LogP contribution in [0.15, 0.2) is 0 Å². The first-order valence-corrected chi connectivity index (χ1v) is 7.21. The van der Waals surface area contributed by atoms with Gasteiger partial charge in [-0.2, -0.15) is 0 Å². The summed E-state index contributed by atoms with van der Waals surface area (Å²) in [6, 6.07) is 0. The summed E-state index contributed by atoms with van der Waals surface area (Å²) in [7, 11) is 1.76. The molecule has 1 fully saturated rings. The summed E-state index contributed by atoms with van der Waals surface area (Å²) >= 11 is 3.81. The van der Waals surface area contributed by atoms with E-state index in [1.165, 1.54) is 12.8 Å². The quantitative estimate of drug-likeness (QED) is 0.753. The number of morpholine rings is 1. The lowest BCUT2D eigenvalue weighted by atomic mass is 10.1. The van der Waals surface area contributed by atoms with Crippen molar-refractivity contribution in [3.63, 3.8) is 0 Å². The molecule has 0 radical (unpaired) electrons. The van der Waals surface area contributed by atoms with Gasteiger partial charge in [-0.05, 0) is 25.3 Å². The average Bonchev–Trinajstić information content (AvgIpc) is 2.28. The van der Waals surface area contributed by atoms with E-state index >= 15 is 0 Å². The van der Waals surface area contributed by atoms with Gasteiger partial charge in [-0.3, -0.25) is 9.69 Å². The largest absolute Gasteiger partial charge is 0.374 e. The van der Waals surface area contributed by atoms with E-state index in [0.717, 1.165) is 32.2 Å². The van der Waals surface area contributed by atoms with Crippen LogP contribution in [-0.4, -0.2) is 61.0 Å². The van der Waals surface area contributed by atoms with Crippen molar-refractivity contribution in [2.45, 2.75) is 32.8 Å². The molecule has 1 heterocycles. The van der Waals surface area contributed by atoms with Gasteiger partial charge >= 0.3 is 0 Å². The van der Waals surface area contributed by atoms with Crippen LogP contribution in [0.3, 0.4) is 0 Å². The lowest BCUT2D eigenvalue weighted by Crippen LogP contribution is -2.47. The lowest BCUT2D eigenvalue weighted by molar-refractivity contribution is -0.0359. The van der Waals surface area contributed by atoms with Crippen LogP contribution >= 0.6 is 12.6 Å². The molecule has 0 bridgehead atoms. The molecule has 0 aliphatic carbocycles.